The molecule has 26 heavy (non-hydrogen) atoms. The SMILES string of the molecule is CCn1ccc2c(nnc3c(-c4ccc(F)cc4)c(COC)nn32)c1=O. The average Bonchev–Trinajstić information content (AvgIpc) is 3.01. The molecule has 0 N–H and O–H groups in total. The quantitative estimate of drug-likeness (QED) is 0.563. The molecule has 4 rings (SSSR count). The third kappa shape index (κ3) is 2.46. The van der Waals surface area contributed by atoms with Crippen molar-refractivity contribution in [2.75, 3.05) is 7.11 Å². The normalized spacial score (nSPS) is 11.5. The van der Waals surface area contributed by atoms with Crippen LogP contribution < -0.4 is 5.56 Å². The van der Waals surface area contributed by atoms with Gasteiger partial charge in [0.1, 0.15) is 11.3 Å². The molecule has 132 valence electrons. The summed E-state index contributed by atoms with van der Waals surface area (Å²) in [6, 6.07) is 7.87. The maximum atomic E-state index is 13.3. The van der Waals surface area contributed by atoms with Crippen molar-refractivity contribution >= 4 is 16.7 Å². The highest BCUT2D eigenvalue weighted by Crippen LogP contribution is 2.29. The number of halogens is 1. The Hall–Kier alpha value is -3.13. The van der Waals surface area contributed by atoms with E-state index in [1.807, 2.05) is 6.92 Å². The molecule has 0 amide bonds. The highest BCUT2D eigenvalue weighted by Gasteiger charge is 2.19. The van der Waals surface area contributed by atoms with E-state index in [1.165, 1.54) is 12.1 Å². The van der Waals surface area contributed by atoms with Crippen LogP contribution >= 0.6 is 0 Å². The zero-order chi connectivity index (χ0) is 18.3. The van der Waals surface area contributed by atoms with Gasteiger partial charge in [-0.1, -0.05) is 12.1 Å². The Kier molecular flexibility index (Phi) is 3.96. The minimum absolute atomic E-state index is 0.216. The molecule has 8 heteroatoms. The minimum Gasteiger partial charge on any atom is -0.378 e. The van der Waals surface area contributed by atoms with E-state index in [-0.39, 0.29) is 23.5 Å². The van der Waals surface area contributed by atoms with Crippen LogP contribution in [-0.2, 0) is 17.9 Å². The second kappa shape index (κ2) is 6.30. The topological polar surface area (TPSA) is 74.3 Å². The number of hydrogen-bond donors (Lipinski definition) is 0. The molecule has 0 saturated carbocycles. The molecule has 0 aliphatic carbocycles. The van der Waals surface area contributed by atoms with Gasteiger partial charge >= 0.3 is 0 Å². The molecule has 0 aliphatic rings. The van der Waals surface area contributed by atoms with Gasteiger partial charge in [-0.05, 0) is 30.7 Å². The summed E-state index contributed by atoms with van der Waals surface area (Å²) in [5.74, 6) is -0.324. The molecular formula is C18H16FN5O2. The first-order valence-corrected chi connectivity index (χ1v) is 8.16. The molecule has 7 nitrogen and oxygen atoms in total. The van der Waals surface area contributed by atoms with Crippen LogP contribution in [0.1, 0.15) is 12.6 Å². The molecule has 0 saturated heterocycles. The molecule has 1 aromatic carbocycles. The Bertz CT molecular complexity index is 1160. The molecule has 0 unspecified atom stereocenters. The zero-order valence-corrected chi connectivity index (χ0v) is 14.3. The molecule has 0 aliphatic heterocycles. The number of ether oxygens (including phenoxy) is 1. The lowest BCUT2D eigenvalue weighted by Crippen LogP contribution is -2.20. The highest BCUT2D eigenvalue weighted by atomic mass is 19.1. The van der Waals surface area contributed by atoms with Crippen molar-refractivity contribution in [1.29, 1.82) is 0 Å². The number of pyridine rings is 1. The summed E-state index contributed by atoms with van der Waals surface area (Å²) in [6.07, 6.45) is 1.71. The van der Waals surface area contributed by atoms with E-state index in [4.69, 9.17) is 4.74 Å². The predicted octanol–water partition coefficient (Wildman–Crippen LogP) is 2.41. The van der Waals surface area contributed by atoms with Gasteiger partial charge in [-0.25, -0.2) is 8.91 Å². The van der Waals surface area contributed by atoms with Crippen molar-refractivity contribution in [1.82, 2.24) is 24.4 Å². The largest absolute Gasteiger partial charge is 0.378 e. The molecule has 4 aromatic rings. The number of aryl methyl sites for hydroxylation is 1. The maximum absolute atomic E-state index is 13.3. The summed E-state index contributed by atoms with van der Waals surface area (Å²) >= 11 is 0. The van der Waals surface area contributed by atoms with E-state index in [2.05, 4.69) is 15.3 Å². The van der Waals surface area contributed by atoms with Crippen molar-refractivity contribution in [3.05, 3.63) is 58.4 Å². The number of methoxy groups -OCH3 is 1. The molecule has 3 aromatic heterocycles. The van der Waals surface area contributed by atoms with E-state index in [9.17, 15) is 9.18 Å². The van der Waals surface area contributed by atoms with Crippen molar-refractivity contribution < 1.29 is 9.13 Å². The molecule has 0 bridgehead atoms. The van der Waals surface area contributed by atoms with Gasteiger partial charge in [0.15, 0.2) is 11.2 Å². The minimum atomic E-state index is -0.324. The van der Waals surface area contributed by atoms with Crippen LogP contribution in [0.15, 0.2) is 41.3 Å². The Morgan fingerprint density at radius 2 is 1.92 bits per heavy atom. The van der Waals surface area contributed by atoms with E-state index in [1.54, 1.807) is 40.6 Å². The standard InChI is InChI=1S/C18H16FN5O2/c1-3-23-9-8-14-16(18(23)25)20-21-17-15(11-4-6-12(19)7-5-11)13(10-26-2)22-24(14)17/h4-9H,3,10H2,1-2H3. The first kappa shape index (κ1) is 16.3. The Balaban J connectivity index is 2.06. The van der Waals surface area contributed by atoms with E-state index < -0.39 is 0 Å². The lowest BCUT2D eigenvalue weighted by Gasteiger charge is -2.05. The summed E-state index contributed by atoms with van der Waals surface area (Å²) < 4.78 is 21.7. The fourth-order valence-electron chi connectivity index (χ4n) is 3.03. The number of rotatable bonds is 4. The van der Waals surface area contributed by atoms with Crippen molar-refractivity contribution in [2.45, 2.75) is 20.1 Å². The smallest absolute Gasteiger partial charge is 0.280 e. The predicted molar refractivity (Wildman–Crippen MR) is 94.3 cm³/mol. The van der Waals surface area contributed by atoms with E-state index in [0.717, 1.165) is 5.56 Å². The van der Waals surface area contributed by atoms with Gasteiger partial charge in [0, 0.05) is 19.9 Å². The van der Waals surface area contributed by atoms with Gasteiger partial charge < -0.3 is 9.30 Å². The van der Waals surface area contributed by atoms with Crippen LogP contribution in [-0.4, -0.2) is 31.5 Å². The Morgan fingerprint density at radius 3 is 2.62 bits per heavy atom. The van der Waals surface area contributed by atoms with Crippen LogP contribution in [0.2, 0.25) is 0 Å². The number of benzene rings is 1. The summed E-state index contributed by atoms with van der Waals surface area (Å²) in [7, 11) is 1.57. The second-order valence-corrected chi connectivity index (χ2v) is 5.84. The lowest BCUT2D eigenvalue weighted by atomic mass is 10.1. The lowest BCUT2D eigenvalue weighted by molar-refractivity contribution is 0.181. The van der Waals surface area contributed by atoms with E-state index >= 15 is 0 Å². The van der Waals surface area contributed by atoms with E-state index in [0.29, 0.717) is 29.0 Å². The van der Waals surface area contributed by atoms with Crippen LogP contribution in [0, 0.1) is 5.82 Å². The second-order valence-electron chi connectivity index (χ2n) is 5.84. The number of fused-ring (bicyclic) bond motifs is 3. The summed E-state index contributed by atoms with van der Waals surface area (Å²) in [6.45, 7) is 2.68. The first-order chi connectivity index (χ1) is 12.6. The van der Waals surface area contributed by atoms with Crippen molar-refractivity contribution in [2.24, 2.45) is 0 Å². The van der Waals surface area contributed by atoms with Crippen LogP contribution in [0.3, 0.4) is 0 Å². The first-order valence-electron chi connectivity index (χ1n) is 8.16. The number of nitrogens with zero attached hydrogens (tertiary/aromatic N) is 5. The summed E-state index contributed by atoms with van der Waals surface area (Å²) in [5, 5.41) is 12.9. The molecular weight excluding hydrogens is 337 g/mol. The maximum Gasteiger partial charge on any atom is 0.280 e. The van der Waals surface area contributed by atoms with Crippen LogP contribution in [0.25, 0.3) is 27.8 Å². The fourth-order valence-corrected chi connectivity index (χ4v) is 3.03. The van der Waals surface area contributed by atoms with Crippen LogP contribution in [0.5, 0.6) is 0 Å². The Morgan fingerprint density at radius 1 is 1.15 bits per heavy atom. The molecule has 0 spiro atoms. The van der Waals surface area contributed by atoms with Gasteiger partial charge in [0.05, 0.1) is 17.9 Å². The number of aromatic nitrogens is 5. The molecule has 0 radical (unpaired) electrons. The molecule has 0 atom stereocenters. The van der Waals surface area contributed by atoms with Gasteiger partial charge in [0.2, 0.25) is 0 Å². The third-order valence-electron chi connectivity index (χ3n) is 4.28. The van der Waals surface area contributed by atoms with Crippen molar-refractivity contribution in [3.8, 4) is 11.1 Å². The number of hydrogen-bond acceptors (Lipinski definition) is 5. The molecule has 3 heterocycles. The summed E-state index contributed by atoms with van der Waals surface area (Å²) in [4.78, 5) is 12.5. The van der Waals surface area contributed by atoms with Gasteiger partial charge in [-0.15, -0.1) is 10.2 Å². The van der Waals surface area contributed by atoms with Gasteiger partial charge in [-0.3, -0.25) is 4.79 Å². The van der Waals surface area contributed by atoms with Gasteiger partial charge in [0.25, 0.3) is 5.56 Å². The molecule has 0 fully saturated rings. The van der Waals surface area contributed by atoms with Crippen LogP contribution in [0.4, 0.5) is 4.39 Å². The monoisotopic (exact) mass is 353 g/mol. The third-order valence-corrected chi connectivity index (χ3v) is 4.28. The van der Waals surface area contributed by atoms with Gasteiger partial charge in [-0.2, -0.15) is 5.10 Å². The summed E-state index contributed by atoms with van der Waals surface area (Å²) in [5.41, 5.74) is 3.19. The Labute approximate surface area is 147 Å². The fraction of sp³-hybridized carbons (Fsp3) is 0.222. The highest BCUT2D eigenvalue weighted by molar-refractivity contribution is 5.84. The average molecular weight is 353 g/mol. The zero-order valence-electron chi connectivity index (χ0n) is 14.3. The van der Waals surface area contributed by atoms with Crippen molar-refractivity contribution in [3.63, 3.8) is 0 Å².